The lowest BCUT2D eigenvalue weighted by Gasteiger charge is -2.10. The first-order valence-corrected chi connectivity index (χ1v) is 7.85. The maximum Gasteiger partial charge on any atom is 0.306 e. The SMILES string of the molecule is CSC(C)CC(=O)Nc1ccc(CC(C)C(=O)O)cc1. The molecule has 2 unspecified atom stereocenters. The third kappa shape index (κ3) is 5.65. The number of carbonyl (C=O) groups excluding carboxylic acids is 1. The van der Waals surface area contributed by atoms with Gasteiger partial charge in [0.05, 0.1) is 5.92 Å². The average molecular weight is 295 g/mol. The lowest BCUT2D eigenvalue weighted by Crippen LogP contribution is -2.16. The molecule has 1 aromatic carbocycles. The van der Waals surface area contributed by atoms with Crippen molar-refractivity contribution in [1.29, 1.82) is 0 Å². The van der Waals surface area contributed by atoms with E-state index in [4.69, 9.17) is 5.11 Å². The highest BCUT2D eigenvalue weighted by atomic mass is 32.2. The second-order valence-corrected chi connectivity index (χ2v) is 6.22. The molecule has 0 saturated carbocycles. The van der Waals surface area contributed by atoms with Crippen LogP contribution >= 0.6 is 11.8 Å². The van der Waals surface area contributed by atoms with E-state index in [1.54, 1.807) is 18.7 Å². The fourth-order valence-corrected chi connectivity index (χ4v) is 2.04. The molecule has 110 valence electrons. The Hall–Kier alpha value is -1.49. The summed E-state index contributed by atoms with van der Waals surface area (Å²) in [6.07, 6.45) is 2.96. The van der Waals surface area contributed by atoms with Crippen molar-refractivity contribution >= 4 is 29.3 Å². The number of nitrogens with one attached hydrogen (secondary N) is 1. The second-order valence-electron chi connectivity index (χ2n) is 4.94. The molecule has 0 aliphatic carbocycles. The summed E-state index contributed by atoms with van der Waals surface area (Å²) in [5.41, 5.74) is 1.70. The van der Waals surface area contributed by atoms with Gasteiger partial charge in [0.2, 0.25) is 5.91 Å². The maximum absolute atomic E-state index is 11.7. The van der Waals surface area contributed by atoms with Crippen molar-refractivity contribution in [2.75, 3.05) is 11.6 Å². The number of rotatable bonds is 7. The summed E-state index contributed by atoms with van der Waals surface area (Å²) < 4.78 is 0. The van der Waals surface area contributed by atoms with Crippen LogP contribution < -0.4 is 5.32 Å². The molecule has 2 N–H and O–H groups in total. The number of hydrogen-bond acceptors (Lipinski definition) is 3. The molecule has 0 saturated heterocycles. The minimum Gasteiger partial charge on any atom is -0.481 e. The molecule has 20 heavy (non-hydrogen) atoms. The molecular formula is C15H21NO3S. The van der Waals surface area contributed by atoms with Crippen LogP contribution in [0.3, 0.4) is 0 Å². The fourth-order valence-electron chi connectivity index (χ4n) is 1.72. The van der Waals surface area contributed by atoms with Crippen LogP contribution in [0.15, 0.2) is 24.3 Å². The van der Waals surface area contributed by atoms with Crippen molar-refractivity contribution in [3.63, 3.8) is 0 Å². The van der Waals surface area contributed by atoms with Gasteiger partial charge in [0.1, 0.15) is 0 Å². The zero-order valence-electron chi connectivity index (χ0n) is 12.1. The van der Waals surface area contributed by atoms with Crippen molar-refractivity contribution in [3.05, 3.63) is 29.8 Å². The number of aliphatic carboxylic acids is 1. The van der Waals surface area contributed by atoms with E-state index in [1.807, 2.05) is 37.4 Å². The number of anilines is 1. The molecule has 0 spiro atoms. The van der Waals surface area contributed by atoms with Crippen LogP contribution in [0.4, 0.5) is 5.69 Å². The summed E-state index contributed by atoms with van der Waals surface area (Å²) in [7, 11) is 0. The maximum atomic E-state index is 11.7. The summed E-state index contributed by atoms with van der Waals surface area (Å²) in [6.45, 7) is 3.70. The number of carbonyl (C=O) groups is 2. The van der Waals surface area contributed by atoms with E-state index in [1.165, 1.54) is 0 Å². The highest BCUT2D eigenvalue weighted by Gasteiger charge is 2.12. The van der Waals surface area contributed by atoms with E-state index in [0.29, 0.717) is 18.1 Å². The first-order valence-electron chi connectivity index (χ1n) is 6.56. The van der Waals surface area contributed by atoms with Gasteiger partial charge in [-0.05, 0) is 30.4 Å². The molecule has 0 aliphatic heterocycles. The van der Waals surface area contributed by atoms with Gasteiger partial charge in [0.25, 0.3) is 0 Å². The van der Waals surface area contributed by atoms with Crippen LogP contribution in [0.25, 0.3) is 0 Å². The van der Waals surface area contributed by atoms with E-state index in [0.717, 1.165) is 11.3 Å². The van der Waals surface area contributed by atoms with E-state index in [2.05, 4.69) is 5.32 Å². The van der Waals surface area contributed by atoms with Gasteiger partial charge in [0, 0.05) is 17.4 Å². The molecule has 1 rings (SSSR count). The molecule has 0 fully saturated rings. The van der Waals surface area contributed by atoms with Crippen molar-refractivity contribution in [2.45, 2.75) is 31.9 Å². The Balaban J connectivity index is 2.54. The number of benzene rings is 1. The van der Waals surface area contributed by atoms with Crippen LogP contribution in [0.5, 0.6) is 0 Å². The largest absolute Gasteiger partial charge is 0.481 e. The number of carboxylic acid groups (broad SMARTS) is 1. The van der Waals surface area contributed by atoms with E-state index >= 15 is 0 Å². The first kappa shape index (κ1) is 16.6. The lowest BCUT2D eigenvalue weighted by atomic mass is 10.0. The van der Waals surface area contributed by atoms with Crippen LogP contribution in [-0.2, 0) is 16.0 Å². The van der Waals surface area contributed by atoms with E-state index in [9.17, 15) is 9.59 Å². The van der Waals surface area contributed by atoms with Crippen LogP contribution in [0.1, 0.15) is 25.8 Å². The average Bonchev–Trinajstić information content (AvgIpc) is 2.40. The Morgan fingerprint density at radius 1 is 1.25 bits per heavy atom. The fraction of sp³-hybridized carbons (Fsp3) is 0.467. The molecule has 0 bridgehead atoms. The lowest BCUT2D eigenvalue weighted by molar-refractivity contribution is -0.141. The number of hydrogen-bond donors (Lipinski definition) is 2. The minimum absolute atomic E-state index is 0.00139. The minimum atomic E-state index is -0.798. The molecule has 0 aromatic heterocycles. The summed E-state index contributed by atoms with van der Waals surface area (Å²) in [4.78, 5) is 22.5. The standard InChI is InChI=1S/C15H21NO3S/c1-10(15(18)19)8-12-4-6-13(7-5-12)16-14(17)9-11(2)20-3/h4-7,10-11H,8-9H2,1-3H3,(H,16,17)(H,18,19). The van der Waals surface area contributed by atoms with Gasteiger partial charge in [-0.25, -0.2) is 0 Å². The Morgan fingerprint density at radius 2 is 1.85 bits per heavy atom. The van der Waals surface area contributed by atoms with Crippen molar-refractivity contribution in [3.8, 4) is 0 Å². The predicted molar refractivity (Wildman–Crippen MR) is 83.2 cm³/mol. The van der Waals surface area contributed by atoms with Gasteiger partial charge in [-0.3, -0.25) is 9.59 Å². The quantitative estimate of drug-likeness (QED) is 0.811. The molecule has 1 aromatic rings. The Kier molecular flexibility index (Phi) is 6.58. The van der Waals surface area contributed by atoms with Gasteiger partial charge in [-0.15, -0.1) is 0 Å². The summed E-state index contributed by atoms with van der Waals surface area (Å²) in [6, 6.07) is 7.33. The summed E-state index contributed by atoms with van der Waals surface area (Å²) >= 11 is 1.66. The van der Waals surface area contributed by atoms with Crippen LogP contribution in [0, 0.1) is 5.92 Å². The highest BCUT2D eigenvalue weighted by Crippen LogP contribution is 2.15. The number of thioether (sulfide) groups is 1. The zero-order chi connectivity index (χ0) is 15.1. The molecule has 0 aliphatic rings. The van der Waals surface area contributed by atoms with Crippen LogP contribution in [-0.4, -0.2) is 28.5 Å². The van der Waals surface area contributed by atoms with E-state index < -0.39 is 11.9 Å². The first-order chi connectivity index (χ1) is 9.42. The number of amides is 1. The molecule has 0 heterocycles. The molecule has 1 amide bonds. The molecule has 2 atom stereocenters. The highest BCUT2D eigenvalue weighted by molar-refractivity contribution is 7.99. The zero-order valence-corrected chi connectivity index (χ0v) is 12.9. The molecule has 0 radical (unpaired) electrons. The third-order valence-corrected chi connectivity index (χ3v) is 4.05. The van der Waals surface area contributed by atoms with Gasteiger partial charge in [-0.1, -0.05) is 26.0 Å². The normalized spacial score (nSPS) is 13.6. The predicted octanol–water partition coefficient (Wildman–Crippen LogP) is 3.03. The van der Waals surface area contributed by atoms with Crippen molar-refractivity contribution in [1.82, 2.24) is 0 Å². The van der Waals surface area contributed by atoms with E-state index in [-0.39, 0.29) is 5.91 Å². The second kappa shape index (κ2) is 7.94. The smallest absolute Gasteiger partial charge is 0.306 e. The van der Waals surface area contributed by atoms with Crippen LogP contribution in [0.2, 0.25) is 0 Å². The van der Waals surface area contributed by atoms with Crippen molar-refractivity contribution in [2.24, 2.45) is 5.92 Å². The topological polar surface area (TPSA) is 66.4 Å². The van der Waals surface area contributed by atoms with Crippen molar-refractivity contribution < 1.29 is 14.7 Å². The Bertz CT molecular complexity index is 459. The van der Waals surface area contributed by atoms with Gasteiger partial charge in [-0.2, -0.15) is 11.8 Å². The number of carboxylic acids is 1. The molecular weight excluding hydrogens is 274 g/mol. The Labute approximate surface area is 124 Å². The van der Waals surface area contributed by atoms with Gasteiger partial charge < -0.3 is 10.4 Å². The van der Waals surface area contributed by atoms with Gasteiger partial charge in [0.15, 0.2) is 0 Å². The summed E-state index contributed by atoms with van der Waals surface area (Å²) in [5.74, 6) is -1.20. The molecule has 5 heteroatoms. The van der Waals surface area contributed by atoms with Gasteiger partial charge >= 0.3 is 5.97 Å². The third-order valence-electron chi connectivity index (χ3n) is 3.08. The molecule has 4 nitrogen and oxygen atoms in total. The monoisotopic (exact) mass is 295 g/mol. The summed E-state index contributed by atoms with van der Waals surface area (Å²) in [5, 5.41) is 12.0. The Morgan fingerprint density at radius 3 is 2.35 bits per heavy atom.